The zero-order valence-electron chi connectivity index (χ0n) is 14.7. The number of fused-ring (bicyclic) bond motifs is 2. The van der Waals surface area contributed by atoms with Gasteiger partial charge in [-0.05, 0) is 25.8 Å². The summed E-state index contributed by atoms with van der Waals surface area (Å²) in [6.45, 7) is 2.78. The maximum atomic E-state index is 6.16. The van der Waals surface area contributed by atoms with E-state index in [0.717, 1.165) is 36.1 Å². The number of imidazole rings is 1. The number of halogens is 1. The number of nitrogens with zero attached hydrogens (tertiary/aromatic N) is 6. The lowest BCUT2D eigenvalue weighted by Gasteiger charge is -2.35. The van der Waals surface area contributed by atoms with Crippen molar-refractivity contribution in [2.45, 2.75) is 31.9 Å². The van der Waals surface area contributed by atoms with Crippen LogP contribution in [0.2, 0.25) is 5.15 Å². The lowest BCUT2D eigenvalue weighted by atomic mass is 9.89. The molecule has 4 aromatic rings. The van der Waals surface area contributed by atoms with Crippen molar-refractivity contribution in [1.82, 2.24) is 29.0 Å². The number of ether oxygens (including phenoxy) is 1. The van der Waals surface area contributed by atoms with E-state index in [9.17, 15) is 0 Å². The number of hydrogen-bond acceptors (Lipinski definition) is 6. The number of aromatic nitrogens is 6. The molecule has 8 nitrogen and oxygen atoms in total. The first kappa shape index (κ1) is 16.5. The average Bonchev–Trinajstić information content (AvgIpc) is 3.23. The molecule has 0 aliphatic heterocycles. The summed E-state index contributed by atoms with van der Waals surface area (Å²) < 4.78 is 9.17. The van der Waals surface area contributed by atoms with E-state index in [1.54, 1.807) is 16.8 Å². The fourth-order valence-corrected chi connectivity index (χ4v) is 3.61. The molecule has 138 valence electrons. The normalized spacial score (nSPS) is 19.5. The quantitative estimate of drug-likeness (QED) is 0.570. The van der Waals surface area contributed by atoms with E-state index in [0.29, 0.717) is 29.0 Å². The van der Waals surface area contributed by atoms with E-state index in [1.807, 2.05) is 36.1 Å². The maximum absolute atomic E-state index is 6.16. The van der Waals surface area contributed by atoms with Gasteiger partial charge >= 0.3 is 0 Å². The van der Waals surface area contributed by atoms with Crippen LogP contribution in [0.1, 0.15) is 19.8 Å². The van der Waals surface area contributed by atoms with E-state index < -0.39 is 0 Å². The summed E-state index contributed by atoms with van der Waals surface area (Å²) in [5.74, 6) is 1.19. The van der Waals surface area contributed by atoms with Gasteiger partial charge in [-0.25, -0.2) is 19.5 Å². The third-order valence-electron chi connectivity index (χ3n) is 4.88. The van der Waals surface area contributed by atoms with Crippen molar-refractivity contribution in [1.29, 1.82) is 0 Å². The highest BCUT2D eigenvalue weighted by Crippen LogP contribution is 2.28. The molecule has 0 amide bonds. The van der Waals surface area contributed by atoms with Crippen LogP contribution in [0, 0.1) is 0 Å². The van der Waals surface area contributed by atoms with Crippen LogP contribution in [-0.4, -0.2) is 47.7 Å². The molecule has 1 saturated carbocycles. The molecule has 1 fully saturated rings. The van der Waals surface area contributed by atoms with E-state index >= 15 is 0 Å². The van der Waals surface area contributed by atoms with E-state index in [1.165, 1.54) is 0 Å². The number of anilines is 1. The monoisotopic (exact) mass is 383 g/mol. The summed E-state index contributed by atoms with van der Waals surface area (Å²) in [5, 5.41) is 8.47. The second-order valence-electron chi connectivity index (χ2n) is 6.62. The Morgan fingerprint density at radius 3 is 2.93 bits per heavy atom. The van der Waals surface area contributed by atoms with E-state index in [-0.39, 0.29) is 0 Å². The van der Waals surface area contributed by atoms with Crippen molar-refractivity contribution in [2.24, 2.45) is 0 Å². The molecular formula is C18H18ClN7O. The first-order chi connectivity index (χ1) is 13.2. The predicted molar refractivity (Wildman–Crippen MR) is 102 cm³/mol. The topological polar surface area (TPSA) is 81.6 Å². The summed E-state index contributed by atoms with van der Waals surface area (Å²) in [6.07, 6.45) is 11.4. The van der Waals surface area contributed by atoms with Crippen LogP contribution in [-0.2, 0) is 4.74 Å². The zero-order chi connectivity index (χ0) is 18.4. The summed E-state index contributed by atoms with van der Waals surface area (Å²) in [5.41, 5.74) is 2.81. The van der Waals surface area contributed by atoms with Crippen molar-refractivity contribution in [3.05, 3.63) is 42.2 Å². The molecule has 0 aromatic carbocycles. The Kier molecular flexibility index (Phi) is 3.95. The predicted octanol–water partition coefficient (Wildman–Crippen LogP) is 3.07. The Balaban J connectivity index is 1.41. The minimum absolute atomic E-state index is 0.354. The Hall–Kier alpha value is -2.71. The highest BCUT2D eigenvalue weighted by atomic mass is 35.5. The molecule has 4 heterocycles. The Labute approximate surface area is 160 Å². The second kappa shape index (κ2) is 6.47. The molecule has 27 heavy (non-hydrogen) atoms. The molecule has 0 radical (unpaired) electrons. The largest absolute Gasteiger partial charge is 0.378 e. The number of nitrogens with one attached hydrogen (secondary N) is 1. The van der Waals surface area contributed by atoms with Crippen molar-refractivity contribution in [3.8, 4) is 11.1 Å². The van der Waals surface area contributed by atoms with Crippen molar-refractivity contribution in [2.75, 3.05) is 11.9 Å². The fourth-order valence-electron chi connectivity index (χ4n) is 3.43. The maximum Gasteiger partial charge on any atom is 0.241 e. The molecule has 1 aliphatic rings. The Morgan fingerprint density at radius 1 is 1.22 bits per heavy atom. The highest BCUT2D eigenvalue weighted by molar-refractivity contribution is 6.29. The van der Waals surface area contributed by atoms with Crippen LogP contribution in [0.5, 0.6) is 0 Å². The van der Waals surface area contributed by atoms with Crippen molar-refractivity contribution >= 4 is 28.8 Å². The van der Waals surface area contributed by atoms with Crippen LogP contribution in [0.4, 0.5) is 5.95 Å². The molecule has 9 heteroatoms. The second-order valence-corrected chi connectivity index (χ2v) is 7.01. The summed E-state index contributed by atoms with van der Waals surface area (Å²) in [7, 11) is 0. The van der Waals surface area contributed by atoms with Gasteiger partial charge in [-0.15, -0.1) is 5.10 Å². The summed E-state index contributed by atoms with van der Waals surface area (Å²) in [4.78, 5) is 13.0. The minimum atomic E-state index is 0.354. The van der Waals surface area contributed by atoms with Gasteiger partial charge in [0.15, 0.2) is 0 Å². The van der Waals surface area contributed by atoms with E-state index in [2.05, 4.69) is 25.4 Å². The molecule has 5 rings (SSSR count). The molecule has 0 atom stereocenters. The standard InChI is InChI=1S/C18H18ClN7O/c1-2-27-13-5-12(6-13)23-17-20-8-15-14(3-4-26(15)24-17)11-7-21-18-22-9-16(19)25(18)10-11/h3-4,7-10,12-13H,2,5-6H2,1H3,(H,23,24). The lowest BCUT2D eigenvalue weighted by molar-refractivity contribution is 0.00283. The molecule has 0 spiro atoms. The van der Waals surface area contributed by atoms with Crippen LogP contribution in [0.25, 0.3) is 22.4 Å². The van der Waals surface area contributed by atoms with Crippen LogP contribution in [0.3, 0.4) is 0 Å². The van der Waals surface area contributed by atoms with Crippen LogP contribution in [0.15, 0.2) is 37.1 Å². The van der Waals surface area contributed by atoms with E-state index in [4.69, 9.17) is 16.3 Å². The summed E-state index contributed by atoms with van der Waals surface area (Å²) in [6, 6.07) is 2.36. The van der Waals surface area contributed by atoms with Gasteiger partial charge in [-0.2, -0.15) is 0 Å². The first-order valence-electron chi connectivity index (χ1n) is 8.93. The number of hydrogen-bond donors (Lipinski definition) is 1. The number of rotatable bonds is 5. The molecular weight excluding hydrogens is 366 g/mol. The molecule has 1 aliphatic carbocycles. The van der Waals surface area contributed by atoms with Gasteiger partial charge in [0.25, 0.3) is 0 Å². The van der Waals surface area contributed by atoms with Crippen molar-refractivity contribution < 1.29 is 4.74 Å². The lowest BCUT2D eigenvalue weighted by Crippen LogP contribution is -2.41. The van der Waals surface area contributed by atoms with Gasteiger partial charge in [0, 0.05) is 42.4 Å². The third kappa shape index (κ3) is 2.90. The Bertz CT molecular complexity index is 1120. The van der Waals surface area contributed by atoms with Gasteiger partial charge in [0.05, 0.1) is 24.0 Å². The van der Waals surface area contributed by atoms with Crippen LogP contribution < -0.4 is 5.32 Å². The SMILES string of the molecule is CCOC1CC(Nc2ncc3c(-c4cnc5ncc(Cl)n5c4)ccn3n2)C1. The van der Waals surface area contributed by atoms with Crippen molar-refractivity contribution in [3.63, 3.8) is 0 Å². The molecule has 1 N–H and O–H groups in total. The molecule has 4 aromatic heterocycles. The van der Waals surface area contributed by atoms with Gasteiger partial charge in [-0.3, -0.25) is 4.40 Å². The average molecular weight is 384 g/mol. The van der Waals surface area contributed by atoms with Gasteiger partial charge in [-0.1, -0.05) is 11.6 Å². The summed E-state index contributed by atoms with van der Waals surface area (Å²) >= 11 is 6.16. The molecule has 0 saturated heterocycles. The zero-order valence-corrected chi connectivity index (χ0v) is 15.5. The minimum Gasteiger partial charge on any atom is -0.378 e. The third-order valence-corrected chi connectivity index (χ3v) is 5.16. The van der Waals surface area contributed by atoms with Gasteiger partial charge < -0.3 is 10.1 Å². The smallest absolute Gasteiger partial charge is 0.241 e. The first-order valence-corrected chi connectivity index (χ1v) is 9.30. The van der Waals surface area contributed by atoms with Gasteiger partial charge in [0.2, 0.25) is 11.7 Å². The Morgan fingerprint density at radius 2 is 2.07 bits per heavy atom. The fraction of sp³-hybridized carbons (Fsp3) is 0.333. The van der Waals surface area contributed by atoms with Crippen LogP contribution >= 0.6 is 11.6 Å². The van der Waals surface area contributed by atoms with Gasteiger partial charge in [0.1, 0.15) is 5.15 Å². The highest BCUT2D eigenvalue weighted by Gasteiger charge is 2.30. The molecule has 0 bridgehead atoms. The molecule has 0 unspecified atom stereocenters.